The fourth-order valence-electron chi connectivity index (χ4n) is 16.9. The zero-order valence-corrected chi connectivity index (χ0v) is 78.2. The van der Waals surface area contributed by atoms with Crippen molar-refractivity contribution in [1.29, 1.82) is 0 Å². The van der Waals surface area contributed by atoms with E-state index in [0.29, 0.717) is 196 Å². The van der Waals surface area contributed by atoms with Crippen molar-refractivity contribution in [3.05, 3.63) is 149 Å². The van der Waals surface area contributed by atoms with E-state index in [-0.39, 0.29) is 100 Å². The van der Waals surface area contributed by atoms with Crippen molar-refractivity contribution in [1.82, 2.24) is 93.5 Å². The standard InChI is InChI=1S/C33H34F3N9O5.C31H35F3N8O4.C30H34F3N9O4/c1-3-28(46)38-23-6-4-22(5-7-23)31(47)44-10-8-42(9-11-44)19-21-16-26-30(43-12-14-50-15-13-43)40-29(41-45(26)20-21)24-18-37-27(39-32(48)49-2)17-25(24)33(34,35)36;1-3-7-22(43)8-9-27(44)40-14-12-39(13-15-40)19-21-16-25-29(41-10-5-4-6-11-41)37-28(38-42(25)20-21)23-18-35-26(36-30(45)46-2)17-24(23)31(32,33)34;1-3-7-25(43)35-17-26(44)40-12-10-39(11-13-40)18-20-14-23-28(41-8-5-4-6-9-41)37-27(38-42(23)19-20)21-16-34-24(36-29(45)46-2)15-22(21)30(31,32)33/h3-7,16-18,20H,1,8-15,19H2,2H3,(H,38,46)(H,37,39,48);16-18,20H,4-6,8-15,19H2,1-2H3,(H,35,36,45);14-16,19H,4-6,8-13,17-18H2,1-2H3,(H,35,43)(H,34,36,45). The van der Waals surface area contributed by atoms with Crippen molar-refractivity contribution in [3.63, 3.8) is 0 Å². The molecule has 6 aliphatic heterocycles. The Morgan fingerprint density at radius 1 is 0.437 bits per heavy atom. The van der Waals surface area contributed by atoms with E-state index in [0.717, 1.165) is 113 Å². The Balaban J connectivity index is 0.000000169. The summed E-state index contributed by atoms with van der Waals surface area (Å²) in [5.41, 5.74) is 1.57. The van der Waals surface area contributed by atoms with E-state index >= 15 is 0 Å². The van der Waals surface area contributed by atoms with E-state index < -0.39 is 59.4 Å². The number of amides is 8. The van der Waals surface area contributed by atoms with Gasteiger partial charge in [0.25, 0.3) is 11.8 Å². The zero-order chi connectivity index (χ0) is 101. The second-order valence-corrected chi connectivity index (χ2v) is 33.7. The number of Topliss-reactive ketones (excluding diaryl/α,β-unsaturated/α-hetero) is 1. The van der Waals surface area contributed by atoms with Crippen LogP contribution in [0, 0.1) is 23.7 Å². The number of morpholine rings is 1. The van der Waals surface area contributed by atoms with Crippen LogP contribution in [0.25, 0.3) is 50.7 Å². The van der Waals surface area contributed by atoms with Gasteiger partial charge in [-0.3, -0.25) is 59.4 Å². The van der Waals surface area contributed by atoms with Gasteiger partial charge in [-0.05, 0) is 148 Å². The first-order valence-corrected chi connectivity index (χ1v) is 45.6. The minimum Gasteiger partial charge on any atom is -0.453 e. The number of carbonyl (C=O) groups excluding carboxylic acids is 9. The number of piperidine rings is 2. The minimum absolute atomic E-state index is 0.0729. The molecule has 1 aromatic carbocycles. The molecular formula is C94H103F9N26O13. The third kappa shape index (κ3) is 26.3. The molecule has 750 valence electrons. The number of pyridine rings is 3. The molecule has 48 heteroatoms. The first-order chi connectivity index (χ1) is 68.1. The van der Waals surface area contributed by atoms with Gasteiger partial charge in [0, 0.05) is 199 Å². The lowest BCUT2D eigenvalue weighted by Gasteiger charge is -2.34. The molecule has 142 heavy (non-hydrogen) atoms. The number of alkyl halides is 9. The monoisotopic (exact) mass is 1970 g/mol. The van der Waals surface area contributed by atoms with Crippen LogP contribution in [0.2, 0.25) is 0 Å². The maximum atomic E-state index is 14.3. The second-order valence-electron chi connectivity index (χ2n) is 33.7. The van der Waals surface area contributed by atoms with E-state index in [1.807, 2.05) is 23.1 Å². The topological polar surface area (TPSA) is 409 Å². The molecule has 9 aromatic heterocycles. The largest absolute Gasteiger partial charge is 0.453 e. The fraction of sp³-hybridized carbons (Fsp3) is 0.426. The molecule has 0 unspecified atom stereocenters. The molecule has 0 atom stereocenters. The van der Waals surface area contributed by atoms with Crippen LogP contribution in [0.15, 0.2) is 110 Å². The van der Waals surface area contributed by atoms with Gasteiger partial charge >= 0.3 is 36.8 Å². The predicted octanol–water partition coefficient (Wildman–Crippen LogP) is 10.7. The molecule has 0 aliphatic carbocycles. The highest BCUT2D eigenvalue weighted by molar-refractivity contribution is 6.00. The summed E-state index contributed by atoms with van der Waals surface area (Å²) in [4.78, 5) is 152. The van der Waals surface area contributed by atoms with Crippen LogP contribution in [0.3, 0.4) is 0 Å². The van der Waals surface area contributed by atoms with Crippen molar-refractivity contribution in [3.8, 4) is 57.8 Å². The number of halogens is 9. The van der Waals surface area contributed by atoms with Crippen molar-refractivity contribution in [2.45, 2.75) is 103 Å². The lowest BCUT2D eigenvalue weighted by atomic mass is 10.1. The Hall–Kier alpha value is -15.2. The predicted molar refractivity (Wildman–Crippen MR) is 501 cm³/mol. The first-order valence-electron chi connectivity index (χ1n) is 45.6. The molecule has 8 amide bonds. The van der Waals surface area contributed by atoms with Crippen LogP contribution in [-0.4, -0.2) is 301 Å². The van der Waals surface area contributed by atoms with Gasteiger partial charge in [-0.25, -0.2) is 57.8 Å². The molecule has 16 rings (SSSR count). The van der Waals surface area contributed by atoms with Crippen LogP contribution in [-0.2, 0) is 81.1 Å². The lowest BCUT2D eigenvalue weighted by molar-refractivity contribution is -0.137. The van der Waals surface area contributed by atoms with Gasteiger partial charge < -0.3 is 59.0 Å². The molecule has 0 saturated carbocycles. The van der Waals surface area contributed by atoms with Gasteiger partial charge in [0.05, 0.1) is 74.5 Å². The molecule has 0 spiro atoms. The van der Waals surface area contributed by atoms with E-state index in [9.17, 15) is 82.7 Å². The van der Waals surface area contributed by atoms with E-state index in [4.69, 9.17) is 4.74 Å². The van der Waals surface area contributed by atoms with Gasteiger partial charge in [0.15, 0.2) is 34.9 Å². The third-order valence-corrected chi connectivity index (χ3v) is 24.1. The van der Waals surface area contributed by atoms with Crippen molar-refractivity contribution < 1.29 is 102 Å². The Morgan fingerprint density at radius 2 is 0.796 bits per heavy atom. The molecular weight excluding hydrogens is 1870 g/mol. The number of nitrogens with one attached hydrogen (secondary N) is 5. The highest BCUT2D eigenvalue weighted by Gasteiger charge is 2.41. The summed E-state index contributed by atoms with van der Waals surface area (Å²) in [7, 11) is 3.29. The average Bonchev–Trinajstić information content (AvgIpc) is 1.53. The number of piperazine rings is 3. The number of methoxy groups -OCH3 is 3. The van der Waals surface area contributed by atoms with E-state index in [2.05, 4.69) is 141 Å². The highest BCUT2D eigenvalue weighted by atomic mass is 19.4. The Kier molecular flexibility index (Phi) is 33.5. The summed E-state index contributed by atoms with van der Waals surface area (Å²) in [5, 5.41) is 25.1. The number of ether oxygens (including phenoxy) is 4. The average molecular weight is 1980 g/mol. The van der Waals surface area contributed by atoms with Crippen LogP contribution in [0.5, 0.6) is 0 Å². The van der Waals surface area contributed by atoms with Gasteiger partial charge in [0.1, 0.15) is 34.0 Å². The summed E-state index contributed by atoms with van der Waals surface area (Å²) < 4.78 is 152. The Bertz CT molecular complexity index is 6200. The SMILES string of the molecule is C=CC(=O)Nc1ccc(C(=O)N2CCN(Cc3cc4c(N5CCOCC5)nc(-c5cnc(NC(=O)OC)cc5C(F)(F)F)nn4c3)CC2)cc1.CC#CC(=O)CCC(=O)N1CCN(Cc2cc3c(N4CCCCC4)nc(-c4cnc(NC(=O)OC)cc4C(F)(F)F)nn3c2)CC1.CC#CC(=O)NCC(=O)N1CCN(Cc2cc3c(N4CCCCC4)nc(-c4cnc(NC(=O)OC)cc4C(F)(F)F)nn3c2)CC1. The number of rotatable bonds is 23. The zero-order valence-electron chi connectivity index (χ0n) is 78.2. The van der Waals surface area contributed by atoms with Crippen molar-refractivity contribution in [2.24, 2.45) is 0 Å². The number of hydrogen-bond donors (Lipinski definition) is 5. The minimum atomic E-state index is -4.81. The molecule has 6 saturated heterocycles. The third-order valence-electron chi connectivity index (χ3n) is 24.1. The Labute approximate surface area is 807 Å². The van der Waals surface area contributed by atoms with Crippen LogP contribution >= 0.6 is 0 Å². The van der Waals surface area contributed by atoms with Crippen molar-refractivity contribution >= 4 is 111 Å². The maximum Gasteiger partial charge on any atom is 0.417 e. The molecule has 0 bridgehead atoms. The van der Waals surface area contributed by atoms with Gasteiger partial charge in [-0.2, -0.15) is 39.5 Å². The number of hydrogen-bond acceptors (Lipinski definition) is 28. The molecule has 0 radical (unpaired) electrons. The van der Waals surface area contributed by atoms with Gasteiger partial charge in [0.2, 0.25) is 23.5 Å². The van der Waals surface area contributed by atoms with Crippen LogP contribution in [0.1, 0.15) is 109 Å². The molecule has 10 aromatic rings. The van der Waals surface area contributed by atoms with Gasteiger partial charge in [-0.1, -0.05) is 18.4 Å². The number of benzene rings is 1. The van der Waals surface area contributed by atoms with Crippen molar-refractivity contribution in [2.75, 3.05) is 195 Å². The summed E-state index contributed by atoms with van der Waals surface area (Å²) in [6, 6.07) is 14.7. The normalized spacial score (nSPS) is 15.6. The summed E-state index contributed by atoms with van der Waals surface area (Å²) >= 11 is 0. The van der Waals surface area contributed by atoms with E-state index in [1.54, 1.807) is 80.4 Å². The number of anilines is 7. The first kappa shape index (κ1) is 103. The number of carbonyl (C=O) groups is 9. The molecule has 39 nitrogen and oxygen atoms in total. The number of aromatic nitrogens is 12. The fourth-order valence-corrected chi connectivity index (χ4v) is 16.9. The quantitative estimate of drug-likeness (QED) is 0.0131. The summed E-state index contributed by atoms with van der Waals surface area (Å²) in [5.74, 6) is 8.47. The number of ketones is 1. The van der Waals surface area contributed by atoms with E-state index in [1.165, 1.54) is 10.6 Å². The summed E-state index contributed by atoms with van der Waals surface area (Å²) in [6.07, 6.45) is -1.62. The van der Waals surface area contributed by atoms with Crippen LogP contribution in [0.4, 0.5) is 94.5 Å². The molecule has 6 aliphatic rings. The second kappa shape index (κ2) is 46.3. The highest BCUT2D eigenvalue weighted by Crippen LogP contribution is 2.43. The molecule has 6 fully saturated rings. The smallest absolute Gasteiger partial charge is 0.417 e. The molecule has 5 N–H and O–H groups in total. The van der Waals surface area contributed by atoms with Crippen LogP contribution < -0.4 is 41.3 Å². The lowest BCUT2D eigenvalue weighted by Crippen LogP contribution is -2.50. The molecule has 15 heterocycles. The summed E-state index contributed by atoms with van der Waals surface area (Å²) in [6.45, 7) is 19.4. The maximum absolute atomic E-state index is 14.3. The van der Waals surface area contributed by atoms with Gasteiger partial charge in [-0.15, -0.1) is 15.3 Å². The number of nitrogens with zero attached hydrogens (tertiary/aromatic N) is 21. The number of fused-ring (bicyclic) bond motifs is 3. The Morgan fingerprint density at radius 3 is 1.15 bits per heavy atom.